The zero-order valence-electron chi connectivity index (χ0n) is 12.2. The van der Waals surface area contributed by atoms with Gasteiger partial charge in [0.05, 0.1) is 13.3 Å². The highest BCUT2D eigenvalue weighted by Gasteiger charge is 2.09. The van der Waals surface area contributed by atoms with Crippen LogP contribution in [0.2, 0.25) is 0 Å². The quantitative estimate of drug-likeness (QED) is 0.556. The van der Waals surface area contributed by atoms with Crippen molar-refractivity contribution in [2.45, 2.75) is 0 Å². The number of hydrazone groups is 1. The Kier molecular flexibility index (Phi) is 4.43. The molecule has 0 aliphatic rings. The second-order valence-corrected chi connectivity index (χ2v) is 5.49. The van der Waals surface area contributed by atoms with Gasteiger partial charge in [0, 0.05) is 10.9 Å². The number of nitrogens with zero attached hydrogens (tertiary/aromatic N) is 1. The van der Waals surface area contributed by atoms with E-state index in [1.54, 1.807) is 25.5 Å². The molecule has 1 amide bonds. The predicted molar refractivity (Wildman–Crippen MR) is 92.0 cm³/mol. The molecule has 0 atom stereocenters. The number of rotatable bonds is 4. The molecule has 0 saturated heterocycles. The van der Waals surface area contributed by atoms with Gasteiger partial charge in [-0.2, -0.15) is 5.10 Å². The minimum absolute atomic E-state index is 0.189. The van der Waals surface area contributed by atoms with Crippen LogP contribution in [0.25, 0.3) is 10.8 Å². The molecule has 0 bridgehead atoms. The van der Waals surface area contributed by atoms with E-state index in [4.69, 9.17) is 9.15 Å². The molecule has 0 radical (unpaired) electrons. The van der Waals surface area contributed by atoms with Gasteiger partial charge in [-0.3, -0.25) is 4.79 Å². The Morgan fingerprint density at radius 3 is 2.65 bits per heavy atom. The number of methoxy groups -OCH3 is 1. The smallest absolute Gasteiger partial charge is 0.307 e. The first-order valence-electron chi connectivity index (χ1n) is 6.83. The maximum Gasteiger partial charge on any atom is 0.307 e. The van der Waals surface area contributed by atoms with Crippen molar-refractivity contribution in [1.29, 1.82) is 0 Å². The van der Waals surface area contributed by atoms with Gasteiger partial charge in [-0.05, 0) is 45.6 Å². The molecule has 0 unspecified atom stereocenters. The molecule has 116 valence electrons. The summed E-state index contributed by atoms with van der Waals surface area (Å²) < 4.78 is 11.0. The van der Waals surface area contributed by atoms with Crippen LogP contribution < -0.4 is 10.2 Å². The van der Waals surface area contributed by atoms with Crippen LogP contribution in [0.5, 0.6) is 5.75 Å². The van der Waals surface area contributed by atoms with Crippen LogP contribution in [0.1, 0.15) is 16.1 Å². The van der Waals surface area contributed by atoms with Crippen molar-refractivity contribution in [3.63, 3.8) is 0 Å². The van der Waals surface area contributed by atoms with Crippen LogP contribution in [0.4, 0.5) is 0 Å². The highest BCUT2D eigenvalue weighted by molar-refractivity contribution is 9.10. The lowest BCUT2D eigenvalue weighted by Crippen LogP contribution is -2.16. The number of halogens is 1. The molecule has 0 aliphatic heterocycles. The predicted octanol–water partition coefficient (Wildman–Crippen LogP) is 3.97. The van der Waals surface area contributed by atoms with E-state index in [1.807, 2.05) is 36.4 Å². The summed E-state index contributed by atoms with van der Waals surface area (Å²) in [5.41, 5.74) is 3.32. The summed E-state index contributed by atoms with van der Waals surface area (Å²) in [6.45, 7) is 0. The Hall–Kier alpha value is -2.60. The highest BCUT2D eigenvalue weighted by atomic mass is 79.9. The van der Waals surface area contributed by atoms with E-state index in [0.717, 1.165) is 22.1 Å². The zero-order valence-corrected chi connectivity index (χ0v) is 13.8. The van der Waals surface area contributed by atoms with Crippen molar-refractivity contribution in [1.82, 2.24) is 5.43 Å². The number of ether oxygens (including phenoxy) is 1. The van der Waals surface area contributed by atoms with Crippen LogP contribution in [0.3, 0.4) is 0 Å². The van der Waals surface area contributed by atoms with Gasteiger partial charge in [0.2, 0.25) is 0 Å². The molecule has 5 nitrogen and oxygen atoms in total. The third-order valence-electron chi connectivity index (χ3n) is 3.30. The van der Waals surface area contributed by atoms with Crippen LogP contribution in [0.15, 0.2) is 62.7 Å². The number of carbonyl (C=O) groups excluding carboxylic acids is 1. The van der Waals surface area contributed by atoms with Gasteiger partial charge in [-0.25, -0.2) is 5.43 Å². The molecule has 6 heteroatoms. The van der Waals surface area contributed by atoms with E-state index in [-0.39, 0.29) is 5.76 Å². The Balaban J connectivity index is 1.83. The molecule has 0 saturated carbocycles. The molecule has 0 aliphatic carbocycles. The molecule has 23 heavy (non-hydrogen) atoms. The molecule has 1 heterocycles. The fourth-order valence-electron chi connectivity index (χ4n) is 2.24. The largest absolute Gasteiger partial charge is 0.496 e. The number of hydrogen-bond acceptors (Lipinski definition) is 4. The number of amides is 1. The summed E-state index contributed by atoms with van der Waals surface area (Å²) in [5.74, 6) is 0.570. The Bertz CT molecular complexity index is 886. The van der Waals surface area contributed by atoms with Gasteiger partial charge in [0.1, 0.15) is 5.75 Å². The monoisotopic (exact) mass is 372 g/mol. The Morgan fingerprint density at radius 1 is 1.17 bits per heavy atom. The van der Waals surface area contributed by atoms with Gasteiger partial charge in [-0.15, -0.1) is 0 Å². The van der Waals surface area contributed by atoms with E-state index < -0.39 is 5.91 Å². The zero-order chi connectivity index (χ0) is 16.2. The molecule has 3 rings (SSSR count). The standard InChI is InChI=1S/C17H13BrN2O3/c1-22-14-7-6-11(12-4-2-3-5-13(12)14)10-19-20-17(21)15-8-9-16(18)23-15/h2-10H,1H3,(H,20,21)/b19-10+. The summed E-state index contributed by atoms with van der Waals surface area (Å²) in [7, 11) is 1.64. The fraction of sp³-hybridized carbons (Fsp3) is 0.0588. The van der Waals surface area contributed by atoms with Gasteiger partial charge < -0.3 is 9.15 Å². The first-order valence-corrected chi connectivity index (χ1v) is 7.63. The van der Waals surface area contributed by atoms with E-state index >= 15 is 0 Å². The molecule has 1 N–H and O–H groups in total. The number of benzene rings is 2. The van der Waals surface area contributed by atoms with E-state index in [0.29, 0.717) is 4.67 Å². The van der Waals surface area contributed by atoms with Gasteiger partial charge in [0.25, 0.3) is 0 Å². The Labute approximate surface area is 141 Å². The number of fused-ring (bicyclic) bond motifs is 1. The lowest BCUT2D eigenvalue weighted by Gasteiger charge is -2.07. The molecular formula is C17H13BrN2O3. The molecule has 0 fully saturated rings. The Morgan fingerprint density at radius 2 is 1.96 bits per heavy atom. The van der Waals surface area contributed by atoms with Gasteiger partial charge >= 0.3 is 5.91 Å². The number of nitrogens with one attached hydrogen (secondary N) is 1. The van der Waals surface area contributed by atoms with Crippen LogP contribution >= 0.6 is 15.9 Å². The van der Waals surface area contributed by atoms with E-state index in [2.05, 4.69) is 26.5 Å². The third-order valence-corrected chi connectivity index (χ3v) is 3.73. The molecule has 3 aromatic rings. The topological polar surface area (TPSA) is 63.8 Å². The maximum atomic E-state index is 11.9. The second-order valence-electron chi connectivity index (χ2n) is 4.71. The molecule has 2 aromatic carbocycles. The van der Waals surface area contributed by atoms with Crippen LogP contribution in [0, 0.1) is 0 Å². The lowest BCUT2D eigenvalue weighted by molar-refractivity contribution is 0.0926. The second kappa shape index (κ2) is 6.66. The molecule has 0 spiro atoms. The van der Waals surface area contributed by atoms with Gasteiger partial charge in [0.15, 0.2) is 10.4 Å². The summed E-state index contributed by atoms with van der Waals surface area (Å²) in [5, 5.41) is 5.97. The van der Waals surface area contributed by atoms with Crippen molar-refractivity contribution in [2.75, 3.05) is 7.11 Å². The SMILES string of the molecule is COc1ccc(/C=N/NC(=O)c2ccc(Br)o2)c2ccccc12. The third kappa shape index (κ3) is 3.27. The van der Waals surface area contributed by atoms with Crippen molar-refractivity contribution in [3.05, 3.63) is 64.5 Å². The van der Waals surface area contributed by atoms with E-state index in [9.17, 15) is 4.79 Å². The summed E-state index contributed by atoms with van der Waals surface area (Å²) in [6.07, 6.45) is 1.59. The average molecular weight is 373 g/mol. The van der Waals surface area contributed by atoms with Crippen molar-refractivity contribution in [3.8, 4) is 5.75 Å². The fourth-order valence-corrected chi connectivity index (χ4v) is 2.54. The first kappa shape index (κ1) is 15.3. The minimum Gasteiger partial charge on any atom is -0.496 e. The van der Waals surface area contributed by atoms with Gasteiger partial charge in [-0.1, -0.05) is 24.3 Å². The summed E-state index contributed by atoms with van der Waals surface area (Å²) in [6, 6.07) is 14.8. The summed E-state index contributed by atoms with van der Waals surface area (Å²) in [4.78, 5) is 11.9. The number of hydrogen-bond donors (Lipinski definition) is 1. The highest BCUT2D eigenvalue weighted by Crippen LogP contribution is 2.27. The van der Waals surface area contributed by atoms with Crippen molar-refractivity contribution >= 4 is 38.8 Å². The maximum absolute atomic E-state index is 11.9. The summed E-state index contributed by atoms with van der Waals surface area (Å²) >= 11 is 3.15. The van der Waals surface area contributed by atoms with E-state index in [1.165, 1.54) is 0 Å². The molecule has 1 aromatic heterocycles. The number of carbonyl (C=O) groups is 1. The van der Waals surface area contributed by atoms with Crippen molar-refractivity contribution in [2.24, 2.45) is 5.10 Å². The lowest BCUT2D eigenvalue weighted by atomic mass is 10.0. The van der Waals surface area contributed by atoms with Crippen molar-refractivity contribution < 1.29 is 13.9 Å². The minimum atomic E-state index is -0.412. The molecular weight excluding hydrogens is 360 g/mol. The number of furan rings is 1. The first-order chi connectivity index (χ1) is 11.2. The normalized spacial score (nSPS) is 11.0. The van der Waals surface area contributed by atoms with Crippen LogP contribution in [-0.4, -0.2) is 19.2 Å². The average Bonchev–Trinajstić information content (AvgIpc) is 3.01. The van der Waals surface area contributed by atoms with Crippen LogP contribution in [-0.2, 0) is 0 Å².